The summed E-state index contributed by atoms with van der Waals surface area (Å²) >= 11 is 5.85. The Bertz CT molecular complexity index is 883. The molecule has 0 saturated heterocycles. The van der Waals surface area contributed by atoms with Crippen molar-refractivity contribution in [2.24, 2.45) is 0 Å². The summed E-state index contributed by atoms with van der Waals surface area (Å²) in [6.45, 7) is 0.590. The standard InChI is InChI=1S/C18H15ClF3N5/c19-14-5-1-12(2-6-14)9-10-23-17-26-16(11-24-27-17)25-15-7-3-13(4-8-15)18(20,21)22/h1-8,11H,9-10H2,(H2,23,25,26,27). The van der Waals surface area contributed by atoms with Gasteiger partial charge in [0.05, 0.1) is 11.8 Å². The minimum absolute atomic E-state index is 0.320. The molecular formula is C18H15ClF3N5. The number of nitrogens with one attached hydrogen (secondary N) is 2. The summed E-state index contributed by atoms with van der Waals surface area (Å²) in [7, 11) is 0. The van der Waals surface area contributed by atoms with Crippen LogP contribution in [-0.4, -0.2) is 21.7 Å². The van der Waals surface area contributed by atoms with Gasteiger partial charge in [-0.15, -0.1) is 5.10 Å². The highest BCUT2D eigenvalue weighted by molar-refractivity contribution is 6.30. The molecule has 3 rings (SSSR count). The summed E-state index contributed by atoms with van der Waals surface area (Å²) < 4.78 is 37.8. The zero-order valence-corrected chi connectivity index (χ0v) is 14.7. The van der Waals surface area contributed by atoms with Gasteiger partial charge < -0.3 is 10.6 Å². The summed E-state index contributed by atoms with van der Waals surface area (Å²) in [5, 5.41) is 14.4. The Morgan fingerprint density at radius 3 is 2.33 bits per heavy atom. The van der Waals surface area contributed by atoms with Crippen LogP contribution in [0, 0.1) is 0 Å². The smallest absolute Gasteiger partial charge is 0.353 e. The van der Waals surface area contributed by atoms with E-state index in [4.69, 9.17) is 11.6 Å². The van der Waals surface area contributed by atoms with Crippen LogP contribution in [0.1, 0.15) is 11.1 Å². The van der Waals surface area contributed by atoms with Crippen LogP contribution in [0.4, 0.5) is 30.6 Å². The molecule has 0 saturated carbocycles. The molecule has 0 aliphatic heterocycles. The Balaban J connectivity index is 1.57. The van der Waals surface area contributed by atoms with Crippen molar-refractivity contribution in [3.8, 4) is 0 Å². The molecule has 0 fully saturated rings. The van der Waals surface area contributed by atoms with E-state index in [2.05, 4.69) is 25.8 Å². The second-order valence-corrected chi connectivity index (χ2v) is 6.11. The summed E-state index contributed by atoms with van der Waals surface area (Å²) in [6.07, 6.45) is -2.23. The van der Waals surface area contributed by atoms with Crippen molar-refractivity contribution >= 4 is 29.1 Å². The predicted octanol–water partition coefficient (Wildman–Crippen LogP) is 4.94. The summed E-state index contributed by atoms with van der Waals surface area (Å²) in [6, 6.07) is 12.2. The van der Waals surface area contributed by atoms with E-state index in [0.717, 1.165) is 24.1 Å². The Labute approximate surface area is 158 Å². The van der Waals surface area contributed by atoms with Crippen LogP contribution >= 0.6 is 11.6 Å². The third kappa shape index (κ3) is 5.55. The van der Waals surface area contributed by atoms with E-state index in [1.54, 1.807) is 0 Å². The molecule has 1 heterocycles. The SMILES string of the molecule is FC(F)(F)c1ccc(Nc2cnnc(NCCc3ccc(Cl)cc3)n2)cc1. The van der Waals surface area contributed by atoms with Crippen molar-refractivity contribution in [2.45, 2.75) is 12.6 Å². The fourth-order valence-corrected chi connectivity index (χ4v) is 2.42. The number of anilines is 3. The second kappa shape index (κ2) is 8.22. The van der Waals surface area contributed by atoms with Gasteiger partial charge in [0.2, 0.25) is 5.95 Å². The van der Waals surface area contributed by atoms with Crippen LogP contribution in [0.25, 0.3) is 0 Å². The van der Waals surface area contributed by atoms with E-state index < -0.39 is 11.7 Å². The quantitative estimate of drug-likeness (QED) is 0.621. The van der Waals surface area contributed by atoms with Crippen molar-refractivity contribution in [1.82, 2.24) is 15.2 Å². The molecule has 2 aromatic carbocycles. The number of hydrogen-bond acceptors (Lipinski definition) is 5. The van der Waals surface area contributed by atoms with Gasteiger partial charge in [-0.2, -0.15) is 23.3 Å². The van der Waals surface area contributed by atoms with Gasteiger partial charge in [-0.3, -0.25) is 0 Å². The first-order chi connectivity index (χ1) is 12.9. The average molecular weight is 394 g/mol. The van der Waals surface area contributed by atoms with Crippen LogP contribution < -0.4 is 10.6 Å². The van der Waals surface area contributed by atoms with Gasteiger partial charge >= 0.3 is 6.18 Å². The van der Waals surface area contributed by atoms with Crippen LogP contribution in [0.2, 0.25) is 5.02 Å². The number of benzene rings is 2. The molecule has 0 radical (unpaired) electrons. The Hall–Kier alpha value is -2.87. The third-order valence-corrected chi connectivity index (χ3v) is 3.91. The van der Waals surface area contributed by atoms with E-state index in [-0.39, 0.29) is 0 Å². The average Bonchev–Trinajstić information content (AvgIpc) is 2.63. The van der Waals surface area contributed by atoms with Crippen LogP contribution in [0.3, 0.4) is 0 Å². The van der Waals surface area contributed by atoms with Crippen LogP contribution in [0.15, 0.2) is 54.7 Å². The number of aromatic nitrogens is 3. The molecule has 5 nitrogen and oxygen atoms in total. The highest BCUT2D eigenvalue weighted by Crippen LogP contribution is 2.30. The topological polar surface area (TPSA) is 62.7 Å². The van der Waals surface area contributed by atoms with E-state index in [1.165, 1.54) is 18.3 Å². The third-order valence-electron chi connectivity index (χ3n) is 3.65. The minimum atomic E-state index is -4.36. The van der Waals surface area contributed by atoms with Gasteiger partial charge in [-0.1, -0.05) is 23.7 Å². The van der Waals surface area contributed by atoms with Crippen molar-refractivity contribution in [2.75, 3.05) is 17.2 Å². The minimum Gasteiger partial charge on any atom is -0.353 e. The maximum atomic E-state index is 12.6. The highest BCUT2D eigenvalue weighted by atomic mass is 35.5. The van der Waals surface area contributed by atoms with Gasteiger partial charge in [0.15, 0.2) is 5.82 Å². The fourth-order valence-electron chi connectivity index (χ4n) is 2.30. The first-order valence-corrected chi connectivity index (χ1v) is 8.40. The summed E-state index contributed by atoms with van der Waals surface area (Å²) in [4.78, 5) is 4.25. The first-order valence-electron chi connectivity index (χ1n) is 8.02. The van der Waals surface area contributed by atoms with Gasteiger partial charge in [-0.05, 0) is 48.4 Å². The van der Waals surface area contributed by atoms with E-state index in [9.17, 15) is 13.2 Å². The molecule has 27 heavy (non-hydrogen) atoms. The van der Waals surface area contributed by atoms with Crippen LogP contribution in [0.5, 0.6) is 0 Å². The zero-order valence-electron chi connectivity index (χ0n) is 14.0. The number of halogens is 4. The molecule has 0 atom stereocenters. The van der Waals surface area contributed by atoms with Gasteiger partial charge in [0.1, 0.15) is 0 Å². The van der Waals surface area contributed by atoms with Crippen molar-refractivity contribution < 1.29 is 13.2 Å². The maximum absolute atomic E-state index is 12.6. The zero-order chi connectivity index (χ0) is 19.3. The largest absolute Gasteiger partial charge is 0.416 e. The monoisotopic (exact) mass is 393 g/mol. The molecule has 140 valence electrons. The highest BCUT2D eigenvalue weighted by Gasteiger charge is 2.29. The van der Waals surface area contributed by atoms with E-state index in [0.29, 0.717) is 29.0 Å². The Morgan fingerprint density at radius 2 is 1.67 bits per heavy atom. The van der Waals surface area contributed by atoms with Crippen molar-refractivity contribution in [3.05, 3.63) is 70.9 Å². The van der Waals surface area contributed by atoms with Crippen LogP contribution in [-0.2, 0) is 12.6 Å². The molecule has 0 aliphatic rings. The van der Waals surface area contributed by atoms with Gasteiger partial charge in [-0.25, -0.2) is 0 Å². The Kier molecular flexibility index (Phi) is 5.75. The molecule has 9 heteroatoms. The number of rotatable bonds is 6. The van der Waals surface area contributed by atoms with Crippen molar-refractivity contribution in [1.29, 1.82) is 0 Å². The molecule has 1 aromatic heterocycles. The van der Waals surface area contributed by atoms with E-state index in [1.807, 2.05) is 24.3 Å². The maximum Gasteiger partial charge on any atom is 0.416 e. The lowest BCUT2D eigenvalue weighted by Gasteiger charge is -2.10. The number of alkyl halides is 3. The molecule has 2 N–H and O–H groups in total. The second-order valence-electron chi connectivity index (χ2n) is 5.67. The van der Waals surface area contributed by atoms with E-state index >= 15 is 0 Å². The molecule has 0 unspecified atom stereocenters. The predicted molar refractivity (Wildman–Crippen MR) is 98.2 cm³/mol. The number of hydrogen-bond donors (Lipinski definition) is 2. The summed E-state index contributed by atoms with van der Waals surface area (Å²) in [5.41, 5.74) is 0.868. The van der Waals surface area contributed by atoms with Crippen molar-refractivity contribution in [3.63, 3.8) is 0 Å². The lowest BCUT2D eigenvalue weighted by Crippen LogP contribution is -2.09. The molecule has 0 spiro atoms. The first kappa shape index (κ1) is 18.9. The molecule has 0 aliphatic carbocycles. The fraction of sp³-hybridized carbons (Fsp3) is 0.167. The molecule has 3 aromatic rings. The molecular weight excluding hydrogens is 379 g/mol. The lowest BCUT2D eigenvalue weighted by molar-refractivity contribution is -0.137. The normalized spacial score (nSPS) is 11.3. The lowest BCUT2D eigenvalue weighted by atomic mass is 10.1. The number of nitrogens with zero attached hydrogens (tertiary/aromatic N) is 3. The Morgan fingerprint density at radius 1 is 0.963 bits per heavy atom. The summed E-state index contributed by atoms with van der Waals surface area (Å²) in [5.74, 6) is 0.694. The van der Waals surface area contributed by atoms with Gasteiger partial charge in [0, 0.05) is 17.3 Å². The molecule has 0 bridgehead atoms. The molecule has 0 amide bonds. The van der Waals surface area contributed by atoms with Gasteiger partial charge in [0.25, 0.3) is 0 Å².